The van der Waals surface area contributed by atoms with Gasteiger partial charge in [-0.15, -0.1) is 0 Å². The van der Waals surface area contributed by atoms with Crippen molar-refractivity contribution >= 4 is 6.09 Å². The van der Waals surface area contributed by atoms with Crippen LogP contribution in [0.1, 0.15) is 28.1 Å². The Bertz CT molecular complexity index is 786. The first kappa shape index (κ1) is 16.3. The van der Waals surface area contributed by atoms with Crippen LogP contribution >= 0.6 is 0 Å². The minimum atomic E-state index is -4.66. The third-order valence-electron chi connectivity index (χ3n) is 4.02. The Morgan fingerprint density at radius 1 is 1.38 bits per heavy atom. The van der Waals surface area contributed by atoms with Gasteiger partial charge in [-0.2, -0.15) is 18.3 Å². The molecule has 5 nitrogen and oxygen atoms in total. The largest absolute Gasteiger partial charge is 0.465 e. The number of carboxylic acid groups (broad SMARTS) is 1. The number of aromatic nitrogens is 2. The van der Waals surface area contributed by atoms with E-state index in [1.54, 1.807) is 0 Å². The average molecular weight is 343 g/mol. The Balaban J connectivity index is 1.91. The molecule has 9 heteroatoms. The van der Waals surface area contributed by atoms with Gasteiger partial charge in [0, 0.05) is 18.5 Å². The van der Waals surface area contributed by atoms with E-state index in [1.165, 1.54) is 4.90 Å². The Kier molecular flexibility index (Phi) is 3.94. The van der Waals surface area contributed by atoms with Gasteiger partial charge >= 0.3 is 12.3 Å². The summed E-state index contributed by atoms with van der Waals surface area (Å²) in [5.74, 6) is -0.952. The molecule has 0 bridgehead atoms. The monoisotopic (exact) mass is 343 g/mol. The quantitative estimate of drug-likeness (QED) is 0.823. The number of aromatic amines is 1. The van der Waals surface area contributed by atoms with Gasteiger partial charge in [0.15, 0.2) is 0 Å². The van der Waals surface area contributed by atoms with Gasteiger partial charge in [0.1, 0.15) is 5.82 Å². The molecule has 1 aromatic carbocycles. The van der Waals surface area contributed by atoms with Crippen LogP contribution in [0.25, 0.3) is 0 Å². The maximum Gasteiger partial charge on any atom is 0.416 e. The summed E-state index contributed by atoms with van der Waals surface area (Å²) in [5, 5.41) is 15.7. The molecule has 1 aliphatic heterocycles. The predicted octanol–water partition coefficient (Wildman–Crippen LogP) is 3.19. The van der Waals surface area contributed by atoms with E-state index >= 15 is 0 Å². The van der Waals surface area contributed by atoms with E-state index in [4.69, 9.17) is 5.11 Å². The Labute approximate surface area is 133 Å². The van der Waals surface area contributed by atoms with Crippen molar-refractivity contribution in [2.24, 2.45) is 0 Å². The minimum absolute atomic E-state index is 0.0705. The maximum absolute atomic E-state index is 13.2. The van der Waals surface area contributed by atoms with Gasteiger partial charge < -0.3 is 10.0 Å². The fourth-order valence-corrected chi connectivity index (χ4v) is 2.84. The number of carbonyl (C=O) groups is 1. The van der Waals surface area contributed by atoms with Crippen molar-refractivity contribution in [3.63, 3.8) is 0 Å². The van der Waals surface area contributed by atoms with Crippen LogP contribution in [0.2, 0.25) is 0 Å². The van der Waals surface area contributed by atoms with Gasteiger partial charge in [0.25, 0.3) is 0 Å². The summed E-state index contributed by atoms with van der Waals surface area (Å²) in [5.41, 5.74) is 0.632. The number of benzene rings is 1. The fourth-order valence-electron chi connectivity index (χ4n) is 2.84. The summed E-state index contributed by atoms with van der Waals surface area (Å²) in [6.07, 6.45) is -5.45. The number of nitrogens with zero attached hydrogens (tertiary/aromatic N) is 2. The molecule has 1 aliphatic rings. The molecule has 2 N–H and O–H groups in total. The molecule has 2 aromatic rings. The third kappa shape index (κ3) is 3.06. The zero-order valence-corrected chi connectivity index (χ0v) is 12.3. The SMILES string of the molecule is O=C(O)N1CCc2c(Cc3ccc(F)cc3C(F)(F)F)n[nH]c2C1. The zero-order valence-electron chi connectivity index (χ0n) is 12.3. The van der Waals surface area contributed by atoms with Crippen LogP contribution in [-0.4, -0.2) is 32.8 Å². The molecule has 1 amide bonds. The normalized spacial score (nSPS) is 14.6. The third-order valence-corrected chi connectivity index (χ3v) is 4.02. The van der Waals surface area contributed by atoms with Gasteiger partial charge in [-0.05, 0) is 24.1 Å². The lowest BCUT2D eigenvalue weighted by Gasteiger charge is -2.24. The highest BCUT2D eigenvalue weighted by molar-refractivity contribution is 5.65. The van der Waals surface area contributed by atoms with Gasteiger partial charge in [0.05, 0.1) is 23.5 Å². The first-order chi connectivity index (χ1) is 11.3. The molecule has 2 heterocycles. The van der Waals surface area contributed by atoms with E-state index < -0.39 is 23.7 Å². The van der Waals surface area contributed by atoms with Crippen molar-refractivity contribution in [2.75, 3.05) is 6.54 Å². The molecule has 0 fully saturated rings. The number of alkyl halides is 3. The zero-order chi connectivity index (χ0) is 17.5. The second-order valence-electron chi connectivity index (χ2n) is 5.56. The molecule has 0 unspecified atom stereocenters. The van der Waals surface area contributed by atoms with Gasteiger partial charge in [-0.1, -0.05) is 6.07 Å². The lowest BCUT2D eigenvalue weighted by Crippen LogP contribution is -2.34. The summed E-state index contributed by atoms with van der Waals surface area (Å²) >= 11 is 0. The van der Waals surface area contributed by atoms with Crippen LogP contribution in [0.4, 0.5) is 22.4 Å². The number of nitrogens with one attached hydrogen (secondary N) is 1. The summed E-state index contributed by atoms with van der Waals surface area (Å²) in [6.45, 7) is 0.373. The van der Waals surface area contributed by atoms with Crippen LogP contribution in [-0.2, 0) is 25.6 Å². The molecule has 0 radical (unpaired) electrons. The van der Waals surface area contributed by atoms with Crippen molar-refractivity contribution in [3.8, 4) is 0 Å². The number of halogens is 4. The van der Waals surface area contributed by atoms with Crippen LogP contribution in [0.3, 0.4) is 0 Å². The Hall–Kier alpha value is -2.58. The van der Waals surface area contributed by atoms with Gasteiger partial charge in [0.2, 0.25) is 0 Å². The second-order valence-corrected chi connectivity index (χ2v) is 5.56. The minimum Gasteiger partial charge on any atom is -0.465 e. The lowest BCUT2D eigenvalue weighted by molar-refractivity contribution is -0.138. The number of amides is 1. The molecule has 0 aliphatic carbocycles. The van der Waals surface area contributed by atoms with E-state index in [0.29, 0.717) is 23.9 Å². The topological polar surface area (TPSA) is 69.2 Å². The summed E-state index contributed by atoms with van der Waals surface area (Å²) in [4.78, 5) is 12.2. The Morgan fingerprint density at radius 3 is 2.79 bits per heavy atom. The average Bonchev–Trinajstić information content (AvgIpc) is 2.90. The van der Waals surface area contributed by atoms with Crippen LogP contribution < -0.4 is 0 Å². The molecule has 3 rings (SSSR count). The standard InChI is InChI=1S/C15H13F4N3O2/c16-9-2-1-8(11(6-9)15(17,18)19)5-12-10-3-4-22(14(23)24)7-13(10)21-20-12/h1-2,6H,3-5,7H2,(H,20,21)(H,23,24). The van der Waals surface area contributed by atoms with Crippen LogP contribution in [0, 0.1) is 5.82 Å². The highest BCUT2D eigenvalue weighted by Crippen LogP contribution is 2.34. The molecule has 0 spiro atoms. The number of H-pyrrole nitrogens is 1. The summed E-state index contributed by atoms with van der Waals surface area (Å²) in [7, 11) is 0. The van der Waals surface area contributed by atoms with Gasteiger partial charge in [-0.25, -0.2) is 9.18 Å². The molecular formula is C15H13F4N3O2. The van der Waals surface area contributed by atoms with Crippen molar-refractivity contribution in [3.05, 3.63) is 52.1 Å². The van der Waals surface area contributed by atoms with Crippen LogP contribution in [0.5, 0.6) is 0 Å². The molecular weight excluding hydrogens is 330 g/mol. The number of hydrogen-bond donors (Lipinski definition) is 2. The van der Waals surface area contributed by atoms with E-state index in [2.05, 4.69) is 10.2 Å². The molecule has 128 valence electrons. The maximum atomic E-state index is 13.2. The van der Waals surface area contributed by atoms with Gasteiger partial charge in [-0.3, -0.25) is 5.10 Å². The first-order valence-electron chi connectivity index (χ1n) is 7.14. The summed E-state index contributed by atoms with van der Waals surface area (Å²) in [6, 6.07) is 2.56. The van der Waals surface area contributed by atoms with Crippen molar-refractivity contribution in [2.45, 2.75) is 25.6 Å². The van der Waals surface area contributed by atoms with Crippen molar-refractivity contribution in [1.29, 1.82) is 0 Å². The fraction of sp³-hybridized carbons (Fsp3) is 0.333. The highest BCUT2D eigenvalue weighted by Gasteiger charge is 2.34. The number of rotatable bonds is 2. The lowest BCUT2D eigenvalue weighted by atomic mass is 9.97. The highest BCUT2D eigenvalue weighted by atomic mass is 19.4. The van der Waals surface area contributed by atoms with E-state index in [-0.39, 0.29) is 25.1 Å². The number of fused-ring (bicyclic) bond motifs is 1. The summed E-state index contributed by atoms with van der Waals surface area (Å²) < 4.78 is 52.4. The van der Waals surface area contributed by atoms with Crippen molar-refractivity contribution in [1.82, 2.24) is 15.1 Å². The van der Waals surface area contributed by atoms with E-state index in [9.17, 15) is 22.4 Å². The molecule has 0 saturated heterocycles. The predicted molar refractivity (Wildman–Crippen MR) is 74.9 cm³/mol. The molecule has 0 atom stereocenters. The van der Waals surface area contributed by atoms with E-state index in [1.807, 2.05) is 0 Å². The van der Waals surface area contributed by atoms with E-state index in [0.717, 1.165) is 17.7 Å². The Morgan fingerprint density at radius 2 is 2.12 bits per heavy atom. The number of hydrogen-bond acceptors (Lipinski definition) is 2. The first-order valence-corrected chi connectivity index (χ1v) is 7.14. The molecule has 24 heavy (non-hydrogen) atoms. The smallest absolute Gasteiger partial charge is 0.416 e. The van der Waals surface area contributed by atoms with Crippen LogP contribution in [0.15, 0.2) is 18.2 Å². The second kappa shape index (κ2) is 5.81. The van der Waals surface area contributed by atoms with Crippen molar-refractivity contribution < 1.29 is 27.5 Å². The molecule has 1 aromatic heterocycles. The molecule has 0 saturated carbocycles.